The number of nitrogens with zero attached hydrogens (tertiary/aromatic N) is 2. The minimum absolute atomic E-state index is 0.590. The van der Waals surface area contributed by atoms with Gasteiger partial charge >= 0.3 is 0 Å². The number of rotatable bonds is 4. The maximum Gasteiger partial charge on any atom is 0.162 e. The van der Waals surface area contributed by atoms with Crippen molar-refractivity contribution < 1.29 is 0 Å². The molecule has 1 fully saturated rings. The van der Waals surface area contributed by atoms with Crippen molar-refractivity contribution in [2.45, 2.75) is 32.1 Å². The molecule has 1 heterocycles. The third kappa shape index (κ3) is 2.44. The minimum Gasteiger partial charge on any atom is -0.372 e. The number of aryl methyl sites for hydroxylation is 1. The van der Waals surface area contributed by atoms with Gasteiger partial charge in [-0.1, -0.05) is 31.2 Å². The summed E-state index contributed by atoms with van der Waals surface area (Å²) in [6.45, 7) is 2.17. The number of nitrogens with one attached hydrogen (secondary N) is 1. The Morgan fingerprint density at radius 2 is 2.00 bits per heavy atom. The van der Waals surface area contributed by atoms with Gasteiger partial charge in [0.15, 0.2) is 5.82 Å². The molecule has 0 aliphatic heterocycles. The number of halogens is 1. The van der Waals surface area contributed by atoms with Gasteiger partial charge in [-0.25, -0.2) is 9.97 Å². The van der Waals surface area contributed by atoms with Crippen LogP contribution in [0.25, 0.3) is 11.4 Å². The molecule has 1 aromatic heterocycles. The van der Waals surface area contributed by atoms with Crippen LogP contribution in [0.3, 0.4) is 0 Å². The van der Waals surface area contributed by atoms with E-state index in [-0.39, 0.29) is 0 Å². The molecule has 0 amide bonds. The van der Waals surface area contributed by atoms with Crippen LogP contribution in [0.4, 0.5) is 5.82 Å². The maximum absolute atomic E-state index is 4.82. The Hall–Kier alpha value is -1.42. The first-order valence-electron chi connectivity index (χ1n) is 7.08. The topological polar surface area (TPSA) is 37.8 Å². The Labute approximate surface area is 128 Å². The lowest BCUT2D eigenvalue weighted by molar-refractivity contribution is 0.976. The first-order valence-corrected chi connectivity index (χ1v) is 7.87. The van der Waals surface area contributed by atoms with E-state index >= 15 is 0 Å². The van der Waals surface area contributed by atoms with Gasteiger partial charge in [0, 0.05) is 18.5 Å². The number of hydrogen-bond acceptors (Lipinski definition) is 3. The molecule has 4 heteroatoms. The summed E-state index contributed by atoms with van der Waals surface area (Å²) in [5.74, 6) is 2.30. The van der Waals surface area contributed by atoms with Crippen molar-refractivity contribution in [3.05, 3.63) is 40.0 Å². The van der Waals surface area contributed by atoms with Gasteiger partial charge in [-0.2, -0.15) is 0 Å². The van der Waals surface area contributed by atoms with Crippen LogP contribution in [0.2, 0.25) is 0 Å². The van der Waals surface area contributed by atoms with E-state index in [1.165, 1.54) is 18.4 Å². The molecule has 1 saturated carbocycles. The molecule has 0 saturated heterocycles. The Morgan fingerprint density at radius 1 is 1.25 bits per heavy atom. The Kier molecular flexibility index (Phi) is 3.74. The van der Waals surface area contributed by atoms with Crippen LogP contribution in [0.1, 0.15) is 36.9 Å². The zero-order chi connectivity index (χ0) is 14.1. The monoisotopic (exact) mass is 331 g/mol. The van der Waals surface area contributed by atoms with Gasteiger partial charge in [0.05, 0.1) is 10.2 Å². The summed E-state index contributed by atoms with van der Waals surface area (Å²) in [5.41, 5.74) is 3.57. The highest BCUT2D eigenvalue weighted by Gasteiger charge is 2.29. The predicted molar refractivity (Wildman–Crippen MR) is 86.1 cm³/mol. The molecule has 0 spiro atoms. The van der Waals surface area contributed by atoms with E-state index in [1.807, 2.05) is 7.05 Å². The van der Waals surface area contributed by atoms with Crippen molar-refractivity contribution in [3.8, 4) is 11.4 Å². The summed E-state index contributed by atoms with van der Waals surface area (Å²) in [7, 11) is 1.90. The zero-order valence-corrected chi connectivity index (χ0v) is 13.4. The molecule has 1 N–H and O–H groups in total. The average Bonchev–Trinajstić information content (AvgIpc) is 3.32. The molecular formula is C16H18BrN3. The van der Waals surface area contributed by atoms with E-state index in [1.54, 1.807) is 0 Å². The molecule has 1 aliphatic rings. The average molecular weight is 332 g/mol. The predicted octanol–water partition coefficient (Wildman–Crippen LogP) is 4.39. The lowest BCUT2D eigenvalue weighted by atomic mass is 10.0. The summed E-state index contributed by atoms with van der Waals surface area (Å²) < 4.78 is 1.01. The first kappa shape index (κ1) is 13.6. The molecule has 0 radical (unpaired) electrons. The van der Waals surface area contributed by atoms with Crippen LogP contribution >= 0.6 is 15.9 Å². The molecular weight excluding hydrogens is 314 g/mol. The van der Waals surface area contributed by atoms with Crippen LogP contribution in [0.5, 0.6) is 0 Å². The maximum atomic E-state index is 4.82. The fourth-order valence-electron chi connectivity index (χ4n) is 2.42. The molecule has 0 bridgehead atoms. The normalized spacial score (nSPS) is 14.3. The first-order chi connectivity index (χ1) is 9.74. The fraction of sp³-hybridized carbons (Fsp3) is 0.375. The summed E-state index contributed by atoms with van der Waals surface area (Å²) in [4.78, 5) is 9.50. The lowest BCUT2D eigenvalue weighted by Crippen LogP contribution is -2.03. The number of aromatic nitrogens is 2. The second-order valence-corrected chi connectivity index (χ2v) is 5.92. The van der Waals surface area contributed by atoms with Crippen molar-refractivity contribution in [3.63, 3.8) is 0 Å². The van der Waals surface area contributed by atoms with E-state index in [0.717, 1.165) is 33.8 Å². The number of hydrogen-bond donors (Lipinski definition) is 1. The summed E-state index contributed by atoms with van der Waals surface area (Å²) >= 11 is 3.64. The van der Waals surface area contributed by atoms with E-state index in [4.69, 9.17) is 4.98 Å². The molecule has 0 atom stereocenters. The van der Waals surface area contributed by atoms with Gasteiger partial charge < -0.3 is 5.32 Å². The van der Waals surface area contributed by atoms with E-state index in [0.29, 0.717) is 5.92 Å². The van der Waals surface area contributed by atoms with Gasteiger partial charge in [0.1, 0.15) is 5.82 Å². The number of anilines is 1. The van der Waals surface area contributed by atoms with Crippen LogP contribution in [0.15, 0.2) is 28.7 Å². The third-order valence-electron chi connectivity index (χ3n) is 3.72. The van der Waals surface area contributed by atoms with Gasteiger partial charge in [-0.3, -0.25) is 0 Å². The molecule has 104 valence electrons. The van der Waals surface area contributed by atoms with Crippen molar-refractivity contribution in [2.24, 2.45) is 0 Å². The van der Waals surface area contributed by atoms with Crippen LogP contribution in [0, 0.1) is 0 Å². The molecule has 20 heavy (non-hydrogen) atoms. The van der Waals surface area contributed by atoms with Gasteiger partial charge in [0.25, 0.3) is 0 Å². The van der Waals surface area contributed by atoms with Crippen LogP contribution in [-0.2, 0) is 6.42 Å². The van der Waals surface area contributed by atoms with Crippen molar-refractivity contribution in [2.75, 3.05) is 12.4 Å². The highest BCUT2D eigenvalue weighted by Crippen LogP contribution is 2.44. The smallest absolute Gasteiger partial charge is 0.162 e. The van der Waals surface area contributed by atoms with E-state index in [9.17, 15) is 0 Å². The largest absolute Gasteiger partial charge is 0.372 e. The molecule has 2 aromatic rings. The van der Waals surface area contributed by atoms with Crippen LogP contribution in [-0.4, -0.2) is 17.0 Å². The molecule has 1 aromatic carbocycles. The van der Waals surface area contributed by atoms with E-state index < -0.39 is 0 Å². The molecule has 1 aliphatic carbocycles. The summed E-state index contributed by atoms with van der Waals surface area (Å²) in [5, 5.41) is 3.17. The summed E-state index contributed by atoms with van der Waals surface area (Å²) in [6.07, 6.45) is 3.45. The molecule has 3 rings (SSSR count). The van der Waals surface area contributed by atoms with Crippen molar-refractivity contribution >= 4 is 21.7 Å². The quantitative estimate of drug-likeness (QED) is 0.902. The highest BCUT2D eigenvalue weighted by atomic mass is 79.9. The van der Waals surface area contributed by atoms with Gasteiger partial charge in [0.2, 0.25) is 0 Å². The molecule has 3 nitrogen and oxygen atoms in total. The van der Waals surface area contributed by atoms with E-state index in [2.05, 4.69) is 57.4 Å². The minimum atomic E-state index is 0.590. The standard InChI is InChI=1S/C16H18BrN3/c1-3-10-6-4-5-7-12(10)15-19-14(11-8-9-11)13(17)16(18-2)20-15/h4-7,11H,3,8-9H2,1-2H3,(H,18,19,20). The second kappa shape index (κ2) is 5.52. The third-order valence-corrected chi connectivity index (χ3v) is 4.50. The Morgan fingerprint density at radius 3 is 2.65 bits per heavy atom. The van der Waals surface area contributed by atoms with Gasteiger partial charge in [-0.05, 0) is 40.8 Å². The summed E-state index contributed by atoms with van der Waals surface area (Å²) in [6, 6.07) is 8.38. The van der Waals surface area contributed by atoms with Crippen molar-refractivity contribution in [1.82, 2.24) is 9.97 Å². The van der Waals surface area contributed by atoms with Crippen LogP contribution < -0.4 is 5.32 Å². The molecule has 0 unspecified atom stereocenters. The fourth-order valence-corrected chi connectivity index (χ4v) is 3.12. The Balaban J connectivity index is 2.15. The van der Waals surface area contributed by atoms with Gasteiger partial charge in [-0.15, -0.1) is 0 Å². The highest BCUT2D eigenvalue weighted by molar-refractivity contribution is 9.10. The Bertz CT molecular complexity index is 636. The SMILES string of the molecule is CCc1ccccc1-c1nc(NC)c(Br)c(C2CC2)n1. The second-order valence-electron chi connectivity index (χ2n) is 5.13. The number of benzene rings is 1. The van der Waals surface area contributed by atoms with Crippen molar-refractivity contribution in [1.29, 1.82) is 0 Å². The zero-order valence-electron chi connectivity index (χ0n) is 11.8. The lowest BCUT2D eigenvalue weighted by Gasteiger charge is -2.12.